The molecule has 0 aromatic heterocycles. The van der Waals surface area contributed by atoms with Gasteiger partial charge in [0.1, 0.15) is 6.17 Å². The molecular weight excluding hydrogens is 183 g/mol. The van der Waals surface area contributed by atoms with Gasteiger partial charge in [0, 0.05) is 5.92 Å². The average Bonchev–Trinajstić information content (AvgIpc) is 3.00. The number of hydrogen-bond acceptors (Lipinski definition) is 2. The van der Waals surface area contributed by atoms with Crippen molar-refractivity contribution in [3.63, 3.8) is 0 Å². The molecule has 0 amide bonds. The quantitative estimate of drug-likeness (QED) is 0.715. The highest BCUT2D eigenvalue weighted by Crippen LogP contribution is 2.36. The topological polar surface area (TPSA) is 40.5 Å². The summed E-state index contributed by atoms with van der Waals surface area (Å²) in [6, 6.07) is 0. The fourth-order valence-corrected chi connectivity index (χ4v) is 1.84. The highest BCUT2D eigenvalue weighted by molar-refractivity contribution is 5.17. The number of alkyl halides is 1. The van der Waals surface area contributed by atoms with Crippen molar-refractivity contribution in [1.29, 1.82) is 0 Å². The Kier molecular flexibility index (Phi) is 2.70. The Bertz CT molecular complexity index is 258. The number of allylic oxidation sites excluding steroid dienone is 3. The molecule has 1 saturated carbocycles. The van der Waals surface area contributed by atoms with Crippen molar-refractivity contribution in [2.75, 3.05) is 0 Å². The molecule has 14 heavy (non-hydrogen) atoms. The van der Waals surface area contributed by atoms with Crippen molar-refractivity contribution in [3.8, 4) is 0 Å². The molecule has 0 aromatic rings. The summed E-state index contributed by atoms with van der Waals surface area (Å²) >= 11 is 0. The molecule has 4 atom stereocenters. The lowest BCUT2D eigenvalue weighted by atomic mass is 9.88. The first kappa shape index (κ1) is 9.87. The largest absolute Gasteiger partial charge is 0.390 e. The van der Waals surface area contributed by atoms with Gasteiger partial charge in [-0.3, -0.25) is 0 Å². The van der Waals surface area contributed by atoms with E-state index in [0.717, 1.165) is 12.8 Å². The standard InChI is InChI=1S/C11H15FO2/c12-9-4-2-1-3-8(9)11(14)10(13)7-5-6-7/h1-4,7-11,13-14H,5-6H2. The van der Waals surface area contributed by atoms with Gasteiger partial charge in [-0.05, 0) is 18.8 Å². The maximum Gasteiger partial charge on any atom is 0.127 e. The Morgan fingerprint density at radius 3 is 2.29 bits per heavy atom. The van der Waals surface area contributed by atoms with E-state index in [1.807, 2.05) is 0 Å². The van der Waals surface area contributed by atoms with Crippen LogP contribution in [0, 0.1) is 11.8 Å². The summed E-state index contributed by atoms with van der Waals surface area (Å²) in [6.07, 6.45) is 5.34. The summed E-state index contributed by atoms with van der Waals surface area (Å²) in [5, 5.41) is 19.4. The molecule has 2 aliphatic carbocycles. The first-order valence-corrected chi connectivity index (χ1v) is 5.05. The third kappa shape index (κ3) is 1.88. The molecule has 1 fully saturated rings. The first-order valence-electron chi connectivity index (χ1n) is 5.05. The van der Waals surface area contributed by atoms with Crippen molar-refractivity contribution < 1.29 is 14.6 Å². The Labute approximate surface area is 82.8 Å². The predicted molar refractivity (Wildman–Crippen MR) is 51.4 cm³/mol. The second-order valence-electron chi connectivity index (χ2n) is 4.11. The van der Waals surface area contributed by atoms with E-state index >= 15 is 0 Å². The fraction of sp³-hybridized carbons (Fsp3) is 0.636. The molecule has 0 aliphatic heterocycles. The molecule has 2 rings (SSSR count). The van der Waals surface area contributed by atoms with Gasteiger partial charge in [0.2, 0.25) is 0 Å². The summed E-state index contributed by atoms with van der Waals surface area (Å²) in [5.74, 6) is -0.410. The van der Waals surface area contributed by atoms with Gasteiger partial charge in [-0.2, -0.15) is 0 Å². The van der Waals surface area contributed by atoms with Crippen LogP contribution in [0.1, 0.15) is 12.8 Å². The van der Waals surface area contributed by atoms with Crippen LogP contribution < -0.4 is 0 Å². The summed E-state index contributed by atoms with van der Waals surface area (Å²) in [4.78, 5) is 0. The Morgan fingerprint density at radius 2 is 1.71 bits per heavy atom. The Morgan fingerprint density at radius 1 is 1.07 bits per heavy atom. The first-order chi connectivity index (χ1) is 6.70. The second-order valence-corrected chi connectivity index (χ2v) is 4.11. The van der Waals surface area contributed by atoms with Gasteiger partial charge in [0.25, 0.3) is 0 Å². The van der Waals surface area contributed by atoms with Gasteiger partial charge >= 0.3 is 0 Å². The van der Waals surface area contributed by atoms with E-state index in [9.17, 15) is 14.6 Å². The minimum absolute atomic E-state index is 0.177. The van der Waals surface area contributed by atoms with Crippen LogP contribution in [0.2, 0.25) is 0 Å². The lowest BCUT2D eigenvalue weighted by Crippen LogP contribution is -2.38. The highest BCUT2D eigenvalue weighted by Gasteiger charge is 2.39. The molecule has 0 bridgehead atoms. The lowest BCUT2D eigenvalue weighted by Gasteiger charge is -2.27. The van der Waals surface area contributed by atoms with Crippen molar-refractivity contribution in [3.05, 3.63) is 24.3 Å². The van der Waals surface area contributed by atoms with Crippen LogP contribution in [0.15, 0.2) is 24.3 Å². The fourth-order valence-electron chi connectivity index (χ4n) is 1.84. The lowest BCUT2D eigenvalue weighted by molar-refractivity contribution is -0.0298. The van der Waals surface area contributed by atoms with Crippen molar-refractivity contribution >= 4 is 0 Å². The van der Waals surface area contributed by atoms with E-state index in [4.69, 9.17) is 0 Å². The molecular formula is C11H15FO2. The summed E-state index contributed by atoms with van der Waals surface area (Å²) < 4.78 is 13.3. The Balaban J connectivity index is 1.98. The van der Waals surface area contributed by atoms with Crippen LogP contribution >= 0.6 is 0 Å². The third-order valence-electron chi connectivity index (χ3n) is 2.96. The molecule has 2 aliphatic rings. The van der Waals surface area contributed by atoms with E-state index in [1.165, 1.54) is 6.08 Å². The second kappa shape index (κ2) is 3.83. The summed E-state index contributed by atoms with van der Waals surface area (Å²) in [7, 11) is 0. The maximum atomic E-state index is 13.3. The van der Waals surface area contributed by atoms with Crippen molar-refractivity contribution in [1.82, 2.24) is 0 Å². The average molecular weight is 198 g/mol. The van der Waals surface area contributed by atoms with E-state index in [2.05, 4.69) is 0 Å². The number of aliphatic hydroxyl groups excluding tert-OH is 2. The zero-order valence-corrected chi connectivity index (χ0v) is 7.88. The number of aliphatic hydroxyl groups is 2. The van der Waals surface area contributed by atoms with Crippen molar-refractivity contribution in [2.24, 2.45) is 11.8 Å². The van der Waals surface area contributed by atoms with Gasteiger partial charge < -0.3 is 10.2 Å². The van der Waals surface area contributed by atoms with Gasteiger partial charge in [-0.1, -0.05) is 24.3 Å². The molecule has 0 radical (unpaired) electrons. The Hall–Kier alpha value is -0.670. The number of halogens is 1. The zero-order valence-electron chi connectivity index (χ0n) is 7.88. The number of rotatable bonds is 3. The van der Waals surface area contributed by atoms with Crippen LogP contribution in [-0.4, -0.2) is 28.6 Å². The zero-order chi connectivity index (χ0) is 10.1. The molecule has 0 saturated heterocycles. The van der Waals surface area contributed by atoms with E-state index in [0.29, 0.717) is 0 Å². The summed E-state index contributed by atoms with van der Waals surface area (Å²) in [6.45, 7) is 0. The summed E-state index contributed by atoms with van der Waals surface area (Å²) in [5.41, 5.74) is 0. The van der Waals surface area contributed by atoms with Gasteiger partial charge in [0.05, 0.1) is 12.2 Å². The minimum Gasteiger partial charge on any atom is -0.390 e. The minimum atomic E-state index is -1.18. The van der Waals surface area contributed by atoms with Crippen LogP contribution in [-0.2, 0) is 0 Å². The molecule has 4 unspecified atom stereocenters. The van der Waals surface area contributed by atoms with Crippen LogP contribution in [0.5, 0.6) is 0 Å². The SMILES string of the molecule is OC(C1CC1)C(O)C1C=CC=CC1F. The monoisotopic (exact) mass is 198 g/mol. The molecule has 2 N–H and O–H groups in total. The normalized spacial score (nSPS) is 35.6. The third-order valence-corrected chi connectivity index (χ3v) is 2.96. The highest BCUT2D eigenvalue weighted by atomic mass is 19.1. The van der Waals surface area contributed by atoms with E-state index in [1.54, 1.807) is 18.2 Å². The molecule has 2 nitrogen and oxygen atoms in total. The van der Waals surface area contributed by atoms with E-state index < -0.39 is 24.3 Å². The van der Waals surface area contributed by atoms with Crippen LogP contribution in [0.4, 0.5) is 4.39 Å². The van der Waals surface area contributed by atoms with Gasteiger partial charge in [0.15, 0.2) is 0 Å². The van der Waals surface area contributed by atoms with Gasteiger partial charge in [-0.25, -0.2) is 4.39 Å². The molecule has 0 heterocycles. The van der Waals surface area contributed by atoms with Crippen LogP contribution in [0.3, 0.4) is 0 Å². The maximum absolute atomic E-state index is 13.3. The molecule has 0 spiro atoms. The molecule has 0 aromatic carbocycles. The number of hydrogen-bond donors (Lipinski definition) is 2. The molecule has 3 heteroatoms. The van der Waals surface area contributed by atoms with Gasteiger partial charge in [-0.15, -0.1) is 0 Å². The molecule has 78 valence electrons. The smallest absolute Gasteiger partial charge is 0.127 e. The van der Waals surface area contributed by atoms with Crippen molar-refractivity contribution in [2.45, 2.75) is 31.2 Å². The van der Waals surface area contributed by atoms with Crippen LogP contribution in [0.25, 0.3) is 0 Å². The van der Waals surface area contributed by atoms with E-state index in [-0.39, 0.29) is 5.92 Å². The predicted octanol–water partition coefficient (Wildman–Crippen LogP) is 1.20.